The van der Waals surface area contributed by atoms with Crippen molar-refractivity contribution in [2.45, 2.75) is 13.0 Å². The van der Waals surface area contributed by atoms with Crippen molar-refractivity contribution in [3.8, 4) is 6.07 Å². The molecule has 66 valence electrons. The van der Waals surface area contributed by atoms with E-state index in [-0.39, 0.29) is 5.96 Å². The second kappa shape index (κ2) is 4.90. The highest BCUT2D eigenvalue weighted by atomic mass is 16.7. The number of nitro groups is 1. The van der Waals surface area contributed by atoms with Gasteiger partial charge in [-0.25, -0.2) is 10.1 Å². The molecule has 7 heteroatoms. The quantitative estimate of drug-likeness (QED) is 0.246. The van der Waals surface area contributed by atoms with Gasteiger partial charge in [-0.15, -0.1) is 0 Å². The Morgan fingerprint density at radius 1 is 1.83 bits per heavy atom. The van der Waals surface area contributed by atoms with Gasteiger partial charge in [0.25, 0.3) is 5.96 Å². The van der Waals surface area contributed by atoms with E-state index in [9.17, 15) is 10.1 Å². The molecule has 0 aromatic rings. The van der Waals surface area contributed by atoms with Gasteiger partial charge in [-0.3, -0.25) is 0 Å². The van der Waals surface area contributed by atoms with Crippen molar-refractivity contribution < 1.29 is 5.03 Å². The minimum atomic E-state index is -0.844. The number of hydrazone groups is 1. The van der Waals surface area contributed by atoms with Crippen LogP contribution in [0.15, 0.2) is 5.10 Å². The molecular weight excluding hydrogens is 162 g/mol. The Hall–Kier alpha value is -1.84. The lowest BCUT2D eigenvalue weighted by molar-refractivity contribution is -0.485. The fraction of sp³-hybridized carbons (Fsp3) is 0.600. The van der Waals surface area contributed by atoms with Crippen LogP contribution in [0.1, 0.15) is 6.92 Å². The van der Waals surface area contributed by atoms with E-state index in [1.165, 1.54) is 7.05 Å². The summed E-state index contributed by atoms with van der Waals surface area (Å²) >= 11 is 0. The van der Waals surface area contributed by atoms with E-state index in [1.54, 1.807) is 6.92 Å². The Labute approximate surface area is 69.2 Å². The van der Waals surface area contributed by atoms with Crippen LogP contribution >= 0.6 is 0 Å². The second-order valence-corrected chi connectivity index (χ2v) is 1.93. The molecule has 0 saturated carbocycles. The number of rotatable bonds is 2. The molecule has 0 aliphatic rings. The SMILES string of the molecule is CN/C(=N/[N+](=O)[O-])NC(C)C#N. The van der Waals surface area contributed by atoms with Crippen LogP contribution in [0, 0.1) is 21.4 Å². The van der Waals surface area contributed by atoms with Crippen LogP contribution in [-0.4, -0.2) is 24.1 Å². The average Bonchev–Trinajstić information content (AvgIpc) is 2.02. The van der Waals surface area contributed by atoms with E-state index in [0.717, 1.165) is 0 Å². The first-order valence-electron chi connectivity index (χ1n) is 3.17. The van der Waals surface area contributed by atoms with Crippen LogP contribution in [0.4, 0.5) is 0 Å². The Kier molecular flexibility index (Phi) is 4.15. The maximum atomic E-state index is 9.89. The molecule has 12 heavy (non-hydrogen) atoms. The van der Waals surface area contributed by atoms with Crippen molar-refractivity contribution in [1.82, 2.24) is 10.6 Å². The first kappa shape index (κ1) is 10.2. The lowest BCUT2D eigenvalue weighted by Gasteiger charge is -2.05. The van der Waals surface area contributed by atoms with Crippen LogP contribution in [0.25, 0.3) is 0 Å². The Morgan fingerprint density at radius 3 is 2.75 bits per heavy atom. The fourth-order valence-corrected chi connectivity index (χ4v) is 0.470. The molecule has 0 aliphatic heterocycles. The number of hydrogen-bond donors (Lipinski definition) is 2. The summed E-state index contributed by atoms with van der Waals surface area (Å²) in [7, 11) is 1.47. The number of nitriles is 1. The van der Waals surface area contributed by atoms with Gasteiger partial charge in [-0.05, 0) is 6.92 Å². The molecular formula is C5H9N5O2. The molecule has 1 unspecified atom stereocenters. The van der Waals surface area contributed by atoms with Crippen LogP contribution in [0.3, 0.4) is 0 Å². The number of hydrogen-bond acceptors (Lipinski definition) is 3. The largest absolute Gasteiger partial charge is 0.354 e. The number of guanidine groups is 1. The zero-order chi connectivity index (χ0) is 9.56. The van der Waals surface area contributed by atoms with Crippen LogP contribution in [0.5, 0.6) is 0 Å². The summed E-state index contributed by atoms with van der Waals surface area (Å²) in [6, 6.07) is 1.33. The number of nitrogens with zero attached hydrogens (tertiary/aromatic N) is 3. The molecule has 0 spiro atoms. The molecule has 1 atom stereocenters. The van der Waals surface area contributed by atoms with Crippen LogP contribution < -0.4 is 10.6 Å². The summed E-state index contributed by atoms with van der Waals surface area (Å²) in [6.45, 7) is 1.56. The highest BCUT2D eigenvalue weighted by molar-refractivity contribution is 5.79. The lowest BCUT2D eigenvalue weighted by atomic mass is 10.4. The van der Waals surface area contributed by atoms with Gasteiger partial charge in [0.1, 0.15) is 11.1 Å². The summed E-state index contributed by atoms with van der Waals surface area (Å²) in [4.78, 5) is 9.89. The van der Waals surface area contributed by atoms with Crippen LogP contribution in [0.2, 0.25) is 0 Å². The summed E-state index contributed by atoms with van der Waals surface area (Å²) in [5.74, 6) is -0.0333. The van der Waals surface area contributed by atoms with Crippen molar-refractivity contribution in [1.29, 1.82) is 5.26 Å². The average molecular weight is 171 g/mol. The van der Waals surface area contributed by atoms with Gasteiger partial charge in [0, 0.05) is 7.05 Å². The number of nitrogens with one attached hydrogen (secondary N) is 2. The second-order valence-electron chi connectivity index (χ2n) is 1.93. The monoisotopic (exact) mass is 171 g/mol. The maximum absolute atomic E-state index is 9.89. The smallest absolute Gasteiger partial charge is 0.269 e. The van der Waals surface area contributed by atoms with E-state index in [0.29, 0.717) is 0 Å². The van der Waals surface area contributed by atoms with E-state index >= 15 is 0 Å². The van der Waals surface area contributed by atoms with Crippen molar-refractivity contribution in [3.63, 3.8) is 0 Å². The van der Waals surface area contributed by atoms with Crippen molar-refractivity contribution in [2.75, 3.05) is 7.05 Å². The summed E-state index contributed by atoms with van der Waals surface area (Å²) in [5, 5.41) is 25.3. The third-order valence-electron chi connectivity index (χ3n) is 0.965. The van der Waals surface area contributed by atoms with E-state index < -0.39 is 11.1 Å². The Bertz CT molecular complexity index is 230. The normalized spacial score (nSPS) is 12.9. The van der Waals surface area contributed by atoms with Gasteiger partial charge in [-0.2, -0.15) is 5.26 Å². The highest BCUT2D eigenvalue weighted by Gasteiger charge is 2.05. The van der Waals surface area contributed by atoms with Gasteiger partial charge in [0.2, 0.25) is 0 Å². The molecule has 0 bridgehead atoms. The molecule has 0 aliphatic carbocycles. The molecule has 7 nitrogen and oxygen atoms in total. The molecule has 0 radical (unpaired) electrons. The van der Waals surface area contributed by atoms with Gasteiger partial charge in [0.15, 0.2) is 5.03 Å². The summed E-state index contributed by atoms with van der Waals surface area (Å²) in [5.41, 5.74) is 0. The van der Waals surface area contributed by atoms with Crippen LogP contribution in [-0.2, 0) is 0 Å². The van der Waals surface area contributed by atoms with Crippen molar-refractivity contribution in [3.05, 3.63) is 10.1 Å². The van der Waals surface area contributed by atoms with E-state index in [2.05, 4.69) is 15.7 Å². The standard InChI is InChI=1S/C5H9N5O2/c1-4(3-6)8-5(7-2)9-10(11)12/h4H,1-2H3,(H2,7,8,9). The molecule has 0 aromatic heterocycles. The van der Waals surface area contributed by atoms with E-state index in [1.807, 2.05) is 6.07 Å². The lowest BCUT2D eigenvalue weighted by Crippen LogP contribution is -2.40. The van der Waals surface area contributed by atoms with Gasteiger partial charge >= 0.3 is 0 Å². The first-order valence-corrected chi connectivity index (χ1v) is 3.17. The van der Waals surface area contributed by atoms with Gasteiger partial charge in [-0.1, -0.05) is 0 Å². The molecule has 0 heterocycles. The van der Waals surface area contributed by atoms with Gasteiger partial charge < -0.3 is 10.6 Å². The molecule has 0 aromatic carbocycles. The zero-order valence-corrected chi connectivity index (χ0v) is 6.74. The van der Waals surface area contributed by atoms with E-state index in [4.69, 9.17) is 5.26 Å². The zero-order valence-electron chi connectivity index (χ0n) is 6.74. The predicted octanol–water partition coefficient (Wildman–Crippen LogP) is -0.745. The third kappa shape index (κ3) is 4.05. The minimum absolute atomic E-state index is 0.0333. The van der Waals surface area contributed by atoms with Gasteiger partial charge in [0.05, 0.1) is 6.07 Å². The molecule has 0 fully saturated rings. The Balaban J connectivity index is 4.20. The van der Waals surface area contributed by atoms with Crippen molar-refractivity contribution >= 4 is 5.96 Å². The Morgan fingerprint density at radius 2 is 2.42 bits per heavy atom. The highest BCUT2D eigenvalue weighted by Crippen LogP contribution is 1.78. The first-order chi connectivity index (χ1) is 5.60. The minimum Gasteiger partial charge on any atom is -0.354 e. The molecule has 0 amide bonds. The van der Waals surface area contributed by atoms with Crippen molar-refractivity contribution in [2.24, 2.45) is 5.10 Å². The fourth-order valence-electron chi connectivity index (χ4n) is 0.470. The third-order valence-corrected chi connectivity index (χ3v) is 0.965. The predicted molar refractivity (Wildman–Crippen MR) is 41.7 cm³/mol. The topological polar surface area (TPSA) is 103 Å². The summed E-state index contributed by atoms with van der Waals surface area (Å²) < 4.78 is 0. The summed E-state index contributed by atoms with van der Waals surface area (Å²) in [6.07, 6.45) is 0. The molecule has 0 rings (SSSR count). The molecule has 2 N–H and O–H groups in total. The molecule has 0 saturated heterocycles. The maximum Gasteiger partial charge on any atom is 0.269 e.